The maximum absolute atomic E-state index is 13.1. The first kappa shape index (κ1) is 13.5. The molecule has 7 heteroatoms. The molecule has 0 saturated heterocycles. The summed E-state index contributed by atoms with van der Waals surface area (Å²) in [5.74, 6) is -4.29. The van der Waals surface area contributed by atoms with E-state index < -0.39 is 18.4 Å². The predicted octanol–water partition coefficient (Wildman–Crippen LogP) is 2.77. The van der Waals surface area contributed by atoms with E-state index >= 15 is 0 Å². The quantitative estimate of drug-likeness (QED) is 0.870. The zero-order valence-electron chi connectivity index (χ0n) is 9.68. The van der Waals surface area contributed by atoms with Gasteiger partial charge in [-0.3, -0.25) is 0 Å². The fourth-order valence-electron chi connectivity index (χ4n) is 1.58. The van der Waals surface area contributed by atoms with Gasteiger partial charge in [-0.15, -0.1) is 0 Å². The Morgan fingerprint density at radius 3 is 2.37 bits per heavy atom. The smallest absolute Gasteiger partial charge is 0.319 e. The van der Waals surface area contributed by atoms with Gasteiger partial charge in [0.1, 0.15) is 6.04 Å². The second kappa shape index (κ2) is 5.00. The minimum absolute atomic E-state index is 0.144. The zero-order valence-corrected chi connectivity index (χ0v) is 9.68. The van der Waals surface area contributed by atoms with Crippen LogP contribution in [-0.2, 0) is 0 Å². The van der Waals surface area contributed by atoms with E-state index in [1.54, 1.807) is 30.3 Å². The Bertz CT molecular complexity index is 539. The summed E-state index contributed by atoms with van der Waals surface area (Å²) >= 11 is 0. The minimum Gasteiger partial charge on any atom is -0.319 e. The van der Waals surface area contributed by atoms with Crippen LogP contribution in [0.2, 0.25) is 0 Å². The SMILES string of the molecule is NC(c1cnn(-c2ccccc2)c1)C(F)(F)C(F)F. The molecule has 1 atom stereocenters. The number of halogens is 4. The number of hydrogen-bond acceptors (Lipinski definition) is 2. The first-order valence-corrected chi connectivity index (χ1v) is 5.44. The van der Waals surface area contributed by atoms with Gasteiger partial charge in [-0.2, -0.15) is 13.9 Å². The monoisotopic (exact) mass is 273 g/mol. The number of benzene rings is 1. The molecule has 0 aliphatic rings. The Kier molecular flexibility index (Phi) is 3.57. The van der Waals surface area contributed by atoms with Crippen LogP contribution in [0.1, 0.15) is 11.6 Å². The van der Waals surface area contributed by atoms with Gasteiger partial charge in [0.2, 0.25) is 0 Å². The van der Waals surface area contributed by atoms with Crippen molar-refractivity contribution in [3.63, 3.8) is 0 Å². The molecule has 1 aromatic heterocycles. The highest BCUT2D eigenvalue weighted by Gasteiger charge is 2.48. The molecule has 0 radical (unpaired) electrons. The van der Waals surface area contributed by atoms with Gasteiger partial charge in [0.05, 0.1) is 11.9 Å². The van der Waals surface area contributed by atoms with Crippen LogP contribution in [0.5, 0.6) is 0 Å². The molecule has 2 aromatic rings. The van der Waals surface area contributed by atoms with Crippen LogP contribution in [0, 0.1) is 0 Å². The molecule has 0 saturated carbocycles. The maximum Gasteiger partial charge on any atom is 0.326 e. The van der Waals surface area contributed by atoms with Gasteiger partial charge in [0.15, 0.2) is 0 Å². The molecule has 0 bridgehead atoms. The fourth-order valence-corrected chi connectivity index (χ4v) is 1.58. The molecule has 0 aliphatic carbocycles. The van der Waals surface area contributed by atoms with Crippen molar-refractivity contribution in [2.24, 2.45) is 5.73 Å². The van der Waals surface area contributed by atoms with Crippen molar-refractivity contribution >= 4 is 0 Å². The summed E-state index contributed by atoms with van der Waals surface area (Å²) in [5, 5.41) is 3.84. The van der Waals surface area contributed by atoms with Crippen LogP contribution < -0.4 is 5.73 Å². The number of para-hydroxylation sites is 1. The van der Waals surface area contributed by atoms with Gasteiger partial charge >= 0.3 is 12.3 Å². The molecule has 0 aliphatic heterocycles. The second-order valence-electron chi connectivity index (χ2n) is 4.01. The lowest BCUT2D eigenvalue weighted by molar-refractivity contribution is -0.144. The maximum atomic E-state index is 13.1. The highest BCUT2D eigenvalue weighted by Crippen LogP contribution is 2.34. The standard InChI is InChI=1S/C12H11F4N3/c13-11(14)12(15,16)10(17)8-6-18-19(7-8)9-4-2-1-3-5-9/h1-7,10-11H,17H2. The molecule has 1 unspecified atom stereocenters. The summed E-state index contributed by atoms with van der Waals surface area (Å²) in [6.45, 7) is 0. The molecule has 1 heterocycles. The van der Waals surface area contributed by atoms with Gasteiger partial charge in [0.25, 0.3) is 0 Å². The van der Waals surface area contributed by atoms with Crippen LogP contribution >= 0.6 is 0 Å². The first-order chi connectivity index (χ1) is 8.93. The molecule has 0 amide bonds. The van der Waals surface area contributed by atoms with E-state index in [0.29, 0.717) is 5.69 Å². The summed E-state index contributed by atoms with van der Waals surface area (Å²) in [7, 11) is 0. The molecular weight excluding hydrogens is 262 g/mol. The van der Waals surface area contributed by atoms with Gasteiger partial charge in [0, 0.05) is 11.8 Å². The van der Waals surface area contributed by atoms with Crippen molar-refractivity contribution in [3.8, 4) is 5.69 Å². The third kappa shape index (κ3) is 2.60. The van der Waals surface area contributed by atoms with Gasteiger partial charge in [-0.25, -0.2) is 13.5 Å². The number of nitrogens with zero attached hydrogens (tertiary/aromatic N) is 2. The lowest BCUT2D eigenvalue weighted by Crippen LogP contribution is -2.39. The Labute approximate surface area is 106 Å². The topological polar surface area (TPSA) is 43.8 Å². The fraction of sp³-hybridized carbons (Fsp3) is 0.250. The van der Waals surface area contributed by atoms with Crippen LogP contribution in [-0.4, -0.2) is 22.1 Å². The zero-order chi connectivity index (χ0) is 14.0. The number of alkyl halides is 4. The van der Waals surface area contributed by atoms with Gasteiger partial charge in [-0.05, 0) is 12.1 Å². The molecule has 0 spiro atoms. The van der Waals surface area contributed by atoms with Crippen molar-refractivity contribution < 1.29 is 17.6 Å². The lowest BCUT2D eigenvalue weighted by Gasteiger charge is -2.21. The van der Waals surface area contributed by atoms with Crippen LogP contribution in [0.25, 0.3) is 5.69 Å². The van der Waals surface area contributed by atoms with E-state index in [-0.39, 0.29) is 5.56 Å². The van der Waals surface area contributed by atoms with Crippen molar-refractivity contribution in [3.05, 3.63) is 48.3 Å². The summed E-state index contributed by atoms with van der Waals surface area (Å²) in [6, 6.07) is 6.57. The molecular formula is C12H11F4N3. The van der Waals surface area contributed by atoms with Crippen molar-refractivity contribution in [1.29, 1.82) is 0 Å². The van der Waals surface area contributed by atoms with E-state index in [4.69, 9.17) is 5.73 Å². The van der Waals surface area contributed by atoms with E-state index in [9.17, 15) is 17.6 Å². The Hall–Kier alpha value is -1.89. The molecule has 0 fully saturated rings. The van der Waals surface area contributed by atoms with Crippen LogP contribution in [0.15, 0.2) is 42.7 Å². The molecule has 3 nitrogen and oxygen atoms in total. The molecule has 1 aromatic carbocycles. The predicted molar refractivity (Wildman–Crippen MR) is 61.4 cm³/mol. The van der Waals surface area contributed by atoms with Gasteiger partial charge in [-0.1, -0.05) is 18.2 Å². The Balaban J connectivity index is 2.27. The Morgan fingerprint density at radius 2 is 1.79 bits per heavy atom. The highest BCUT2D eigenvalue weighted by molar-refractivity contribution is 5.31. The second-order valence-corrected chi connectivity index (χ2v) is 4.01. The summed E-state index contributed by atoms with van der Waals surface area (Å²) in [5.41, 5.74) is 5.66. The highest BCUT2D eigenvalue weighted by atomic mass is 19.3. The summed E-state index contributed by atoms with van der Waals surface area (Å²) in [6.07, 6.45) is -1.54. The minimum atomic E-state index is -4.29. The molecule has 2 N–H and O–H groups in total. The third-order valence-corrected chi connectivity index (χ3v) is 2.69. The van der Waals surface area contributed by atoms with Crippen LogP contribution in [0.3, 0.4) is 0 Å². The van der Waals surface area contributed by atoms with Crippen molar-refractivity contribution in [1.82, 2.24) is 9.78 Å². The first-order valence-electron chi connectivity index (χ1n) is 5.44. The van der Waals surface area contributed by atoms with E-state index in [1.807, 2.05) is 0 Å². The number of nitrogens with two attached hydrogens (primary N) is 1. The van der Waals surface area contributed by atoms with Gasteiger partial charge < -0.3 is 5.73 Å². The lowest BCUT2D eigenvalue weighted by atomic mass is 10.1. The van der Waals surface area contributed by atoms with E-state index in [2.05, 4.69) is 5.10 Å². The number of aromatic nitrogens is 2. The Morgan fingerprint density at radius 1 is 1.16 bits per heavy atom. The van der Waals surface area contributed by atoms with E-state index in [0.717, 1.165) is 6.20 Å². The third-order valence-electron chi connectivity index (χ3n) is 2.69. The molecule has 19 heavy (non-hydrogen) atoms. The van der Waals surface area contributed by atoms with Crippen molar-refractivity contribution in [2.45, 2.75) is 18.4 Å². The molecule has 102 valence electrons. The van der Waals surface area contributed by atoms with Crippen molar-refractivity contribution in [2.75, 3.05) is 0 Å². The number of rotatable bonds is 4. The average Bonchev–Trinajstić information content (AvgIpc) is 2.88. The van der Waals surface area contributed by atoms with Crippen LogP contribution in [0.4, 0.5) is 17.6 Å². The number of hydrogen-bond donors (Lipinski definition) is 1. The largest absolute Gasteiger partial charge is 0.326 e. The average molecular weight is 273 g/mol. The normalized spacial score (nSPS) is 13.8. The summed E-state index contributed by atoms with van der Waals surface area (Å²) < 4.78 is 52.0. The summed E-state index contributed by atoms with van der Waals surface area (Å²) in [4.78, 5) is 0. The van der Waals surface area contributed by atoms with E-state index in [1.165, 1.54) is 10.9 Å². The molecule has 2 rings (SSSR count).